The van der Waals surface area contributed by atoms with E-state index in [4.69, 9.17) is 5.53 Å². The second-order valence-corrected chi connectivity index (χ2v) is 3.37. The van der Waals surface area contributed by atoms with Gasteiger partial charge in [-0.1, -0.05) is 18.0 Å². The molecule has 0 bridgehead atoms. The predicted molar refractivity (Wildman–Crippen MR) is 48.4 cm³/mol. The Labute approximate surface area is 81.5 Å². The summed E-state index contributed by atoms with van der Waals surface area (Å²) in [7, 11) is 1.22. The Balaban J connectivity index is 3.00. The zero-order valence-corrected chi connectivity index (χ0v) is 8.01. The number of rotatable bonds is 2. The number of hydrogen-bond acceptors (Lipinski definition) is 4. The fourth-order valence-electron chi connectivity index (χ4n) is 1.79. The van der Waals surface area contributed by atoms with E-state index in [1.54, 1.807) is 0 Å². The number of azide groups is 1. The number of methoxy groups -OCH3 is 1. The summed E-state index contributed by atoms with van der Waals surface area (Å²) in [6.45, 7) is 0. The minimum Gasteiger partial charge on any atom is -0.468 e. The molecule has 1 saturated carbocycles. The van der Waals surface area contributed by atoms with E-state index in [0.717, 1.165) is 12.8 Å². The minimum atomic E-state index is -1.40. The van der Waals surface area contributed by atoms with E-state index in [1.807, 2.05) is 0 Å². The summed E-state index contributed by atoms with van der Waals surface area (Å²) in [5, 5.41) is 13.1. The lowest BCUT2D eigenvalue weighted by molar-refractivity contribution is -0.153. The van der Waals surface area contributed by atoms with Crippen LogP contribution in [0, 0.1) is 0 Å². The third-order valence-corrected chi connectivity index (χ3v) is 2.60. The number of nitrogens with zero attached hydrogens (tertiary/aromatic N) is 3. The van der Waals surface area contributed by atoms with Gasteiger partial charge in [-0.25, -0.2) is 0 Å². The molecule has 0 aliphatic heterocycles. The van der Waals surface area contributed by atoms with Crippen molar-refractivity contribution < 1.29 is 14.6 Å². The third kappa shape index (κ3) is 1.66. The molecule has 6 heteroatoms. The van der Waals surface area contributed by atoms with Gasteiger partial charge in [-0.3, -0.25) is 4.79 Å². The average Bonchev–Trinajstić information content (AvgIpc) is 2.20. The van der Waals surface area contributed by atoms with E-state index in [1.165, 1.54) is 7.11 Å². The normalized spacial score (nSPS) is 31.7. The van der Waals surface area contributed by atoms with Crippen LogP contribution in [0.1, 0.15) is 25.7 Å². The maximum Gasteiger partial charge on any atom is 0.320 e. The Morgan fingerprint density at radius 2 is 2.43 bits per heavy atom. The van der Waals surface area contributed by atoms with Gasteiger partial charge in [0.2, 0.25) is 0 Å². The summed E-state index contributed by atoms with van der Waals surface area (Å²) in [4.78, 5) is 14.1. The van der Waals surface area contributed by atoms with Crippen molar-refractivity contribution in [3.8, 4) is 0 Å². The average molecular weight is 199 g/mol. The SMILES string of the molecule is COC(=O)[C@@]1(N=[N+]=[N-])CCCC[C@H]1O. The van der Waals surface area contributed by atoms with Crippen molar-refractivity contribution in [3.63, 3.8) is 0 Å². The number of ether oxygens (including phenoxy) is 1. The van der Waals surface area contributed by atoms with Crippen LogP contribution in [-0.4, -0.2) is 29.8 Å². The van der Waals surface area contributed by atoms with Gasteiger partial charge in [-0.2, -0.15) is 0 Å². The molecule has 0 unspecified atom stereocenters. The maximum absolute atomic E-state index is 11.4. The molecule has 0 radical (unpaired) electrons. The number of carbonyl (C=O) groups excluding carboxylic acids is 1. The highest BCUT2D eigenvalue weighted by atomic mass is 16.5. The first-order chi connectivity index (χ1) is 6.67. The lowest BCUT2D eigenvalue weighted by Gasteiger charge is -2.34. The van der Waals surface area contributed by atoms with Crippen molar-refractivity contribution in [2.24, 2.45) is 5.11 Å². The number of aliphatic hydroxyl groups excluding tert-OH is 1. The molecule has 78 valence electrons. The Hall–Kier alpha value is -1.26. The summed E-state index contributed by atoms with van der Waals surface area (Å²) >= 11 is 0. The molecule has 1 aliphatic rings. The Bertz CT molecular complexity index is 275. The summed E-state index contributed by atoms with van der Waals surface area (Å²) in [5.41, 5.74) is 6.98. The predicted octanol–water partition coefficient (Wildman–Crippen LogP) is 1.14. The maximum atomic E-state index is 11.4. The highest BCUT2D eigenvalue weighted by Gasteiger charge is 2.47. The molecule has 0 aromatic carbocycles. The van der Waals surface area contributed by atoms with Crippen LogP contribution >= 0.6 is 0 Å². The number of carbonyl (C=O) groups is 1. The minimum absolute atomic E-state index is 0.352. The largest absolute Gasteiger partial charge is 0.468 e. The van der Waals surface area contributed by atoms with Crippen LogP contribution in [0.25, 0.3) is 10.4 Å². The van der Waals surface area contributed by atoms with E-state index >= 15 is 0 Å². The standard InChI is InChI=1S/C8H13N3O3/c1-14-7(13)8(10-11-9)5-3-2-4-6(8)12/h6,12H,2-5H2,1H3/t6-,8-/m1/s1. The van der Waals surface area contributed by atoms with Crippen molar-refractivity contribution in [2.75, 3.05) is 7.11 Å². The van der Waals surface area contributed by atoms with Gasteiger partial charge in [-0.05, 0) is 18.4 Å². The number of esters is 1. The molecule has 6 nitrogen and oxygen atoms in total. The van der Waals surface area contributed by atoms with Gasteiger partial charge < -0.3 is 9.84 Å². The van der Waals surface area contributed by atoms with Gasteiger partial charge in [0.25, 0.3) is 0 Å². The molecule has 0 aromatic rings. The summed E-state index contributed by atoms with van der Waals surface area (Å²) in [6, 6.07) is 0. The van der Waals surface area contributed by atoms with Gasteiger partial charge in [0, 0.05) is 4.91 Å². The fraction of sp³-hybridized carbons (Fsp3) is 0.875. The van der Waals surface area contributed by atoms with Gasteiger partial charge >= 0.3 is 5.97 Å². The van der Waals surface area contributed by atoms with Crippen LogP contribution in [0.2, 0.25) is 0 Å². The summed E-state index contributed by atoms with van der Waals surface area (Å²) in [6.07, 6.45) is 1.48. The fourth-order valence-corrected chi connectivity index (χ4v) is 1.79. The van der Waals surface area contributed by atoms with Crippen molar-refractivity contribution in [1.82, 2.24) is 0 Å². The van der Waals surface area contributed by atoms with Crippen LogP contribution in [0.4, 0.5) is 0 Å². The van der Waals surface area contributed by atoms with E-state index in [0.29, 0.717) is 12.8 Å². The molecular weight excluding hydrogens is 186 g/mol. The Morgan fingerprint density at radius 3 is 2.93 bits per heavy atom. The zero-order valence-electron chi connectivity index (χ0n) is 8.01. The van der Waals surface area contributed by atoms with Crippen molar-refractivity contribution in [1.29, 1.82) is 0 Å². The third-order valence-electron chi connectivity index (χ3n) is 2.60. The number of aliphatic hydroxyl groups is 1. The molecule has 0 heterocycles. The molecule has 2 atom stereocenters. The lowest BCUT2D eigenvalue weighted by Crippen LogP contribution is -2.50. The first-order valence-corrected chi connectivity index (χ1v) is 4.50. The Kier molecular flexibility index (Phi) is 3.33. The molecule has 14 heavy (non-hydrogen) atoms. The molecule has 1 rings (SSSR count). The van der Waals surface area contributed by atoms with E-state index in [-0.39, 0.29) is 0 Å². The first-order valence-electron chi connectivity index (χ1n) is 4.50. The van der Waals surface area contributed by atoms with E-state index in [2.05, 4.69) is 14.8 Å². The molecule has 1 fully saturated rings. The second kappa shape index (κ2) is 4.30. The molecular formula is C8H13N3O3. The van der Waals surface area contributed by atoms with Crippen molar-refractivity contribution in [2.45, 2.75) is 37.3 Å². The quantitative estimate of drug-likeness (QED) is 0.312. The molecule has 0 amide bonds. The molecule has 1 aliphatic carbocycles. The van der Waals surface area contributed by atoms with E-state index < -0.39 is 17.6 Å². The second-order valence-electron chi connectivity index (χ2n) is 3.37. The number of hydrogen-bond donors (Lipinski definition) is 1. The molecule has 1 N–H and O–H groups in total. The van der Waals surface area contributed by atoms with Crippen LogP contribution in [0.3, 0.4) is 0 Å². The van der Waals surface area contributed by atoms with E-state index in [9.17, 15) is 9.90 Å². The first kappa shape index (κ1) is 10.8. The smallest absolute Gasteiger partial charge is 0.320 e. The Morgan fingerprint density at radius 1 is 1.71 bits per heavy atom. The lowest BCUT2D eigenvalue weighted by atomic mass is 9.80. The van der Waals surface area contributed by atoms with Gasteiger partial charge in [0.15, 0.2) is 5.54 Å². The van der Waals surface area contributed by atoms with Crippen LogP contribution in [0.15, 0.2) is 5.11 Å². The zero-order chi connectivity index (χ0) is 10.6. The van der Waals surface area contributed by atoms with Gasteiger partial charge in [0.05, 0.1) is 13.2 Å². The van der Waals surface area contributed by atoms with Crippen molar-refractivity contribution >= 4 is 5.97 Å². The van der Waals surface area contributed by atoms with Crippen LogP contribution in [0.5, 0.6) is 0 Å². The summed E-state index contributed by atoms with van der Waals surface area (Å²) < 4.78 is 4.55. The van der Waals surface area contributed by atoms with Gasteiger partial charge in [0.1, 0.15) is 0 Å². The highest BCUT2D eigenvalue weighted by Crippen LogP contribution is 2.33. The summed E-state index contributed by atoms with van der Waals surface area (Å²) in [5.74, 6) is -0.650. The van der Waals surface area contributed by atoms with Crippen LogP contribution in [-0.2, 0) is 9.53 Å². The monoisotopic (exact) mass is 199 g/mol. The van der Waals surface area contributed by atoms with Gasteiger partial charge in [-0.15, -0.1) is 0 Å². The molecule has 0 aromatic heterocycles. The topological polar surface area (TPSA) is 95.3 Å². The van der Waals surface area contributed by atoms with Crippen molar-refractivity contribution in [3.05, 3.63) is 10.4 Å². The van der Waals surface area contributed by atoms with Crippen LogP contribution < -0.4 is 0 Å². The molecule has 0 spiro atoms. The molecule has 0 saturated heterocycles. The highest BCUT2D eigenvalue weighted by molar-refractivity contribution is 5.82.